The van der Waals surface area contributed by atoms with E-state index >= 15 is 0 Å². The maximum absolute atomic E-state index is 5.64. The quantitative estimate of drug-likeness (QED) is 0.822. The smallest absolute Gasteiger partial charge is 0.119 e. The Morgan fingerprint density at radius 1 is 1.29 bits per heavy atom. The molecule has 0 aliphatic rings. The van der Waals surface area contributed by atoms with Crippen molar-refractivity contribution in [2.45, 2.75) is 13.1 Å². The molecule has 0 saturated carbocycles. The molecular formula is C13H17N3O. The van der Waals surface area contributed by atoms with Gasteiger partial charge >= 0.3 is 0 Å². The van der Waals surface area contributed by atoms with Gasteiger partial charge in [0, 0.05) is 18.9 Å². The minimum Gasteiger partial charge on any atom is -0.492 e. The fourth-order valence-electron chi connectivity index (χ4n) is 1.60. The zero-order valence-corrected chi connectivity index (χ0v) is 9.97. The zero-order valence-electron chi connectivity index (χ0n) is 9.97. The molecule has 4 heteroatoms. The van der Waals surface area contributed by atoms with E-state index in [1.54, 1.807) is 12.5 Å². The van der Waals surface area contributed by atoms with Gasteiger partial charge in [0.2, 0.25) is 0 Å². The van der Waals surface area contributed by atoms with E-state index in [1.807, 2.05) is 29.9 Å². The Kier molecular flexibility index (Phi) is 4.16. The van der Waals surface area contributed by atoms with Crippen LogP contribution >= 0.6 is 0 Å². The van der Waals surface area contributed by atoms with Crippen LogP contribution in [0.5, 0.6) is 5.75 Å². The van der Waals surface area contributed by atoms with Crippen LogP contribution in [0.4, 0.5) is 0 Å². The van der Waals surface area contributed by atoms with Crippen molar-refractivity contribution in [3.05, 3.63) is 48.5 Å². The molecule has 4 nitrogen and oxygen atoms in total. The van der Waals surface area contributed by atoms with Crippen LogP contribution in [0.15, 0.2) is 43.0 Å². The molecule has 0 amide bonds. The van der Waals surface area contributed by atoms with Gasteiger partial charge in [-0.25, -0.2) is 4.98 Å². The number of benzene rings is 1. The Labute approximate surface area is 101 Å². The molecule has 1 N–H and O–H groups in total. The Hall–Kier alpha value is -1.81. The molecule has 0 aliphatic heterocycles. The maximum Gasteiger partial charge on any atom is 0.119 e. The lowest BCUT2D eigenvalue weighted by atomic mass is 10.2. The number of hydrogen-bond donors (Lipinski definition) is 1. The second-order valence-corrected chi connectivity index (χ2v) is 3.82. The van der Waals surface area contributed by atoms with E-state index in [1.165, 1.54) is 5.56 Å². The van der Waals surface area contributed by atoms with Crippen molar-refractivity contribution in [2.24, 2.45) is 0 Å². The number of ether oxygens (including phenoxy) is 1. The van der Waals surface area contributed by atoms with Crippen molar-refractivity contribution in [1.82, 2.24) is 14.9 Å². The summed E-state index contributed by atoms with van der Waals surface area (Å²) >= 11 is 0. The van der Waals surface area contributed by atoms with E-state index in [0.717, 1.165) is 18.8 Å². The fourth-order valence-corrected chi connectivity index (χ4v) is 1.60. The summed E-state index contributed by atoms with van der Waals surface area (Å²) in [6, 6.07) is 8.15. The molecule has 90 valence electrons. The van der Waals surface area contributed by atoms with Gasteiger partial charge < -0.3 is 14.6 Å². The Morgan fingerprint density at radius 3 is 2.76 bits per heavy atom. The summed E-state index contributed by atoms with van der Waals surface area (Å²) in [5.41, 5.74) is 1.26. The average Bonchev–Trinajstić information content (AvgIpc) is 2.85. The summed E-state index contributed by atoms with van der Waals surface area (Å²) in [6.07, 6.45) is 5.49. The molecule has 0 atom stereocenters. The van der Waals surface area contributed by atoms with Crippen LogP contribution in [0.2, 0.25) is 0 Å². The van der Waals surface area contributed by atoms with Crippen LogP contribution in [0.1, 0.15) is 5.56 Å². The van der Waals surface area contributed by atoms with Gasteiger partial charge in [-0.3, -0.25) is 0 Å². The number of aromatic nitrogens is 2. The van der Waals surface area contributed by atoms with Gasteiger partial charge in [0.05, 0.1) is 12.9 Å². The second-order valence-electron chi connectivity index (χ2n) is 3.82. The van der Waals surface area contributed by atoms with Crippen molar-refractivity contribution >= 4 is 0 Å². The molecule has 0 radical (unpaired) electrons. The van der Waals surface area contributed by atoms with Crippen LogP contribution in [0.25, 0.3) is 0 Å². The van der Waals surface area contributed by atoms with Crippen LogP contribution in [0, 0.1) is 0 Å². The Balaban J connectivity index is 1.79. The lowest BCUT2D eigenvalue weighted by Gasteiger charge is -2.07. The molecule has 1 aromatic heterocycles. The first-order valence-electron chi connectivity index (χ1n) is 5.70. The number of hydrogen-bond acceptors (Lipinski definition) is 3. The van der Waals surface area contributed by atoms with E-state index in [4.69, 9.17) is 4.74 Å². The second kappa shape index (κ2) is 6.06. The van der Waals surface area contributed by atoms with Gasteiger partial charge in [0.25, 0.3) is 0 Å². The Morgan fingerprint density at radius 2 is 2.12 bits per heavy atom. The largest absolute Gasteiger partial charge is 0.492 e. The van der Waals surface area contributed by atoms with Crippen molar-refractivity contribution in [2.75, 3.05) is 13.7 Å². The number of nitrogens with zero attached hydrogens (tertiary/aromatic N) is 2. The number of imidazole rings is 1. The molecule has 0 aliphatic carbocycles. The first kappa shape index (κ1) is 11.7. The van der Waals surface area contributed by atoms with E-state index in [0.29, 0.717) is 6.61 Å². The molecule has 0 unspecified atom stereocenters. The third kappa shape index (κ3) is 3.60. The molecule has 17 heavy (non-hydrogen) atoms. The molecule has 1 heterocycles. The summed E-state index contributed by atoms with van der Waals surface area (Å²) in [7, 11) is 1.94. The molecule has 2 aromatic rings. The lowest BCUT2D eigenvalue weighted by Crippen LogP contribution is -2.07. The van der Waals surface area contributed by atoms with Crippen molar-refractivity contribution in [3.8, 4) is 5.75 Å². The van der Waals surface area contributed by atoms with E-state index in [9.17, 15) is 0 Å². The van der Waals surface area contributed by atoms with Crippen LogP contribution in [-0.4, -0.2) is 23.2 Å². The third-order valence-corrected chi connectivity index (χ3v) is 2.48. The fraction of sp³-hybridized carbons (Fsp3) is 0.308. The van der Waals surface area contributed by atoms with Gasteiger partial charge in [-0.1, -0.05) is 12.1 Å². The van der Waals surface area contributed by atoms with Gasteiger partial charge in [0.1, 0.15) is 12.4 Å². The van der Waals surface area contributed by atoms with E-state index in [-0.39, 0.29) is 0 Å². The first-order valence-corrected chi connectivity index (χ1v) is 5.70. The maximum atomic E-state index is 5.64. The summed E-state index contributed by atoms with van der Waals surface area (Å²) in [5.74, 6) is 0.907. The highest BCUT2D eigenvalue weighted by molar-refractivity contribution is 5.27. The SMILES string of the molecule is CNCc1ccc(OCCn2ccnc2)cc1. The molecule has 0 saturated heterocycles. The van der Waals surface area contributed by atoms with Gasteiger partial charge in [0.15, 0.2) is 0 Å². The normalized spacial score (nSPS) is 10.4. The molecule has 0 fully saturated rings. The summed E-state index contributed by atoms with van der Waals surface area (Å²) in [4.78, 5) is 3.98. The van der Waals surface area contributed by atoms with Crippen LogP contribution < -0.4 is 10.1 Å². The molecule has 0 bridgehead atoms. The highest BCUT2D eigenvalue weighted by atomic mass is 16.5. The number of rotatable bonds is 6. The Bertz CT molecular complexity index is 422. The standard InChI is InChI=1S/C13H17N3O/c1-14-10-12-2-4-13(5-3-12)17-9-8-16-7-6-15-11-16/h2-7,11,14H,8-10H2,1H3. The summed E-state index contributed by atoms with van der Waals surface area (Å²) in [6.45, 7) is 2.36. The minimum absolute atomic E-state index is 0.654. The number of nitrogens with one attached hydrogen (secondary N) is 1. The molecule has 2 rings (SSSR count). The zero-order chi connectivity index (χ0) is 11.9. The average molecular weight is 231 g/mol. The van der Waals surface area contributed by atoms with E-state index < -0.39 is 0 Å². The van der Waals surface area contributed by atoms with Crippen LogP contribution in [-0.2, 0) is 13.1 Å². The molecule has 0 spiro atoms. The highest BCUT2D eigenvalue weighted by Crippen LogP contribution is 2.11. The van der Waals surface area contributed by atoms with Gasteiger partial charge in [-0.05, 0) is 24.7 Å². The monoisotopic (exact) mass is 231 g/mol. The predicted octanol–water partition coefficient (Wildman–Crippen LogP) is 1.68. The first-order chi connectivity index (χ1) is 8.38. The molecular weight excluding hydrogens is 214 g/mol. The van der Waals surface area contributed by atoms with E-state index in [2.05, 4.69) is 22.4 Å². The topological polar surface area (TPSA) is 39.1 Å². The summed E-state index contributed by atoms with van der Waals surface area (Å²) in [5, 5.41) is 3.11. The molecule has 1 aromatic carbocycles. The minimum atomic E-state index is 0.654. The third-order valence-electron chi connectivity index (χ3n) is 2.48. The van der Waals surface area contributed by atoms with Gasteiger partial charge in [-0.2, -0.15) is 0 Å². The van der Waals surface area contributed by atoms with Crippen molar-refractivity contribution in [3.63, 3.8) is 0 Å². The summed E-state index contributed by atoms with van der Waals surface area (Å²) < 4.78 is 7.64. The van der Waals surface area contributed by atoms with Crippen molar-refractivity contribution < 1.29 is 4.74 Å². The van der Waals surface area contributed by atoms with Crippen LogP contribution in [0.3, 0.4) is 0 Å². The predicted molar refractivity (Wildman–Crippen MR) is 66.9 cm³/mol. The van der Waals surface area contributed by atoms with Crippen molar-refractivity contribution in [1.29, 1.82) is 0 Å². The highest BCUT2D eigenvalue weighted by Gasteiger charge is 1.95. The lowest BCUT2D eigenvalue weighted by molar-refractivity contribution is 0.298. The van der Waals surface area contributed by atoms with Gasteiger partial charge in [-0.15, -0.1) is 0 Å².